The Hall–Kier alpha value is -1.58. The lowest BCUT2D eigenvalue weighted by Crippen LogP contribution is -2.25. The fraction of sp³-hybridized carbons (Fsp3) is 0.312. The van der Waals surface area contributed by atoms with Crippen molar-refractivity contribution in [1.82, 2.24) is 10.3 Å². The predicted octanol–water partition coefficient (Wildman–Crippen LogP) is 3.71. The first-order valence-electron chi connectivity index (χ1n) is 6.83. The molecule has 1 aromatic carbocycles. The van der Waals surface area contributed by atoms with Crippen molar-refractivity contribution in [3.05, 3.63) is 58.2 Å². The highest BCUT2D eigenvalue weighted by Gasteiger charge is 2.18. The van der Waals surface area contributed by atoms with Gasteiger partial charge >= 0.3 is 0 Å². The third-order valence-electron chi connectivity index (χ3n) is 3.33. The number of pyridine rings is 1. The second kappa shape index (κ2) is 6.73. The number of anilines is 1. The van der Waals surface area contributed by atoms with Crippen molar-refractivity contribution in [3.63, 3.8) is 0 Å². The van der Waals surface area contributed by atoms with Crippen molar-refractivity contribution in [2.75, 3.05) is 12.3 Å². The van der Waals surface area contributed by atoms with E-state index in [1.54, 1.807) is 6.20 Å². The van der Waals surface area contributed by atoms with Crippen LogP contribution in [0.3, 0.4) is 0 Å². The van der Waals surface area contributed by atoms with E-state index in [0.29, 0.717) is 5.82 Å². The third-order valence-corrected chi connectivity index (χ3v) is 3.58. The molecule has 0 aliphatic heterocycles. The first-order valence-corrected chi connectivity index (χ1v) is 7.21. The van der Waals surface area contributed by atoms with Gasteiger partial charge in [0.2, 0.25) is 0 Å². The van der Waals surface area contributed by atoms with Gasteiger partial charge in [0.05, 0.1) is 6.04 Å². The number of aryl methyl sites for hydroxylation is 1. The van der Waals surface area contributed by atoms with Crippen molar-refractivity contribution in [3.8, 4) is 0 Å². The third kappa shape index (κ3) is 3.30. The summed E-state index contributed by atoms with van der Waals surface area (Å²) < 4.78 is 0. The summed E-state index contributed by atoms with van der Waals surface area (Å²) in [5, 5.41) is 4.28. The highest BCUT2D eigenvalue weighted by atomic mass is 35.5. The molecule has 0 aliphatic carbocycles. The van der Waals surface area contributed by atoms with E-state index in [4.69, 9.17) is 17.3 Å². The number of hydrogen-bond acceptors (Lipinski definition) is 3. The summed E-state index contributed by atoms with van der Waals surface area (Å²) in [5.74, 6) is 0.577. The second-order valence-electron chi connectivity index (χ2n) is 4.87. The Morgan fingerprint density at radius 1 is 1.25 bits per heavy atom. The van der Waals surface area contributed by atoms with Gasteiger partial charge in [-0.3, -0.25) is 0 Å². The van der Waals surface area contributed by atoms with Crippen LogP contribution in [0.5, 0.6) is 0 Å². The molecule has 3 N–H and O–H groups in total. The predicted molar refractivity (Wildman–Crippen MR) is 85.0 cm³/mol. The standard InChI is InChI=1S/C16H20ClN3/c1-3-9-19-15(12-4-6-13(17)7-5-12)14-11(2)8-10-20-16(14)18/h4-8,10,15,19H,3,9H2,1-2H3,(H2,18,20). The van der Waals surface area contributed by atoms with Crippen LogP contribution in [-0.2, 0) is 0 Å². The molecule has 4 heteroatoms. The summed E-state index contributed by atoms with van der Waals surface area (Å²) in [6.45, 7) is 5.12. The van der Waals surface area contributed by atoms with Crippen LogP contribution >= 0.6 is 11.6 Å². The summed E-state index contributed by atoms with van der Waals surface area (Å²) in [5.41, 5.74) is 9.41. The van der Waals surface area contributed by atoms with E-state index in [2.05, 4.69) is 24.1 Å². The molecule has 2 rings (SSSR count). The quantitative estimate of drug-likeness (QED) is 0.882. The van der Waals surface area contributed by atoms with Crippen LogP contribution in [0.2, 0.25) is 5.02 Å². The summed E-state index contributed by atoms with van der Waals surface area (Å²) in [6, 6.07) is 9.89. The Bertz CT molecular complexity index is 546. The normalized spacial score (nSPS) is 12.3. The number of nitrogens with zero attached hydrogens (tertiary/aromatic N) is 1. The zero-order valence-electron chi connectivity index (χ0n) is 11.9. The highest BCUT2D eigenvalue weighted by Crippen LogP contribution is 2.29. The van der Waals surface area contributed by atoms with Crippen LogP contribution < -0.4 is 11.1 Å². The maximum atomic E-state index is 6.08. The molecular weight excluding hydrogens is 270 g/mol. The van der Waals surface area contributed by atoms with Crippen LogP contribution in [-0.4, -0.2) is 11.5 Å². The molecule has 0 saturated carbocycles. The minimum atomic E-state index is 0.0425. The average Bonchev–Trinajstić information content (AvgIpc) is 2.43. The number of benzene rings is 1. The summed E-state index contributed by atoms with van der Waals surface area (Å²) in [7, 11) is 0. The average molecular weight is 290 g/mol. The van der Waals surface area contributed by atoms with E-state index >= 15 is 0 Å². The summed E-state index contributed by atoms with van der Waals surface area (Å²) >= 11 is 5.97. The molecule has 0 amide bonds. The molecule has 0 spiro atoms. The Balaban J connectivity index is 2.44. The largest absolute Gasteiger partial charge is 0.383 e. The Kier molecular flexibility index (Phi) is 4.99. The molecule has 2 aromatic rings. The second-order valence-corrected chi connectivity index (χ2v) is 5.30. The molecule has 1 unspecified atom stereocenters. The van der Waals surface area contributed by atoms with Gasteiger partial charge in [0, 0.05) is 16.8 Å². The minimum Gasteiger partial charge on any atom is -0.383 e. The molecule has 106 valence electrons. The van der Waals surface area contributed by atoms with Crippen molar-refractivity contribution < 1.29 is 0 Å². The van der Waals surface area contributed by atoms with E-state index < -0.39 is 0 Å². The zero-order valence-corrected chi connectivity index (χ0v) is 12.6. The summed E-state index contributed by atoms with van der Waals surface area (Å²) in [6.07, 6.45) is 2.80. The SMILES string of the molecule is CCCNC(c1ccc(Cl)cc1)c1c(C)ccnc1N. The number of hydrogen-bond donors (Lipinski definition) is 2. The van der Waals surface area contributed by atoms with Gasteiger partial charge in [0.25, 0.3) is 0 Å². The van der Waals surface area contributed by atoms with E-state index in [-0.39, 0.29) is 6.04 Å². The van der Waals surface area contributed by atoms with Gasteiger partial charge in [-0.2, -0.15) is 0 Å². The van der Waals surface area contributed by atoms with Gasteiger partial charge in [0.15, 0.2) is 0 Å². The fourth-order valence-corrected chi connectivity index (χ4v) is 2.42. The smallest absolute Gasteiger partial charge is 0.128 e. The molecule has 0 radical (unpaired) electrons. The molecule has 1 heterocycles. The van der Waals surface area contributed by atoms with Crippen LogP contribution in [0.4, 0.5) is 5.82 Å². The molecule has 3 nitrogen and oxygen atoms in total. The van der Waals surface area contributed by atoms with Crippen LogP contribution in [0.25, 0.3) is 0 Å². The first-order chi connectivity index (χ1) is 9.63. The van der Waals surface area contributed by atoms with Crippen molar-refractivity contribution in [1.29, 1.82) is 0 Å². The Morgan fingerprint density at radius 3 is 2.55 bits per heavy atom. The van der Waals surface area contributed by atoms with Gasteiger partial charge in [0.1, 0.15) is 5.82 Å². The van der Waals surface area contributed by atoms with Crippen LogP contribution in [0.1, 0.15) is 36.1 Å². The Labute approximate surface area is 125 Å². The molecular formula is C16H20ClN3. The van der Waals surface area contributed by atoms with E-state index in [1.165, 1.54) is 0 Å². The van der Waals surface area contributed by atoms with E-state index in [0.717, 1.165) is 34.7 Å². The number of nitrogens with two attached hydrogens (primary N) is 1. The fourth-order valence-electron chi connectivity index (χ4n) is 2.30. The lowest BCUT2D eigenvalue weighted by Gasteiger charge is -2.22. The van der Waals surface area contributed by atoms with Crippen LogP contribution in [0.15, 0.2) is 36.5 Å². The van der Waals surface area contributed by atoms with Crippen molar-refractivity contribution >= 4 is 17.4 Å². The molecule has 0 bridgehead atoms. The number of rotatable bonds is 5. The van der Waals surface area contributed by atoms with E-state index in [1.807, 2.05) is 30.3 Å². The van der Waals surface area contributed by atoms with Crippen molar-refractivity contribution in [2.24, 2.45) is 0 Å². The minimum absolute atomic E-state index is 0.0425. The zero-order chi connectivity index (χ0) is 14.5. The van der Waals surface area contributed by atoms with Gasteiger partial charge in [-0.1, -0.05) is 30.7 Å². The molecule has 0 fully saturated rings. The molecule has 1 aromatic heterocycles. The van der Waals surface area contributed by atoms with Gasteiger partial charge in [-0.05, 0) is 49.2 Å². The summed E-state index contributed by atoms with van der Waals surface area (Å²) in [4.78, 5) is 4.22. The number of aromatic nitrogens is 1. The topological polar surface area (TPSA) is 50.9 Å². The van der Waals surface area contributed by atoms with Gasteiger partial charge in [-0.25, -0.2) is 4.98 Å². The molecule has 20 heavy (non-hydrogen) atoms. The number of nitrogens with one attached hydrogen (secondary N) is 1. The number of halogens is 1. The van der Waals surface area contributed by atoms with Crippen LogP contribution in [0, 0.1) is 6.92 Å². The molecule has 0 aliphatic rings. The van der Waals surface area contributed by atoms with Gasteiger partial charge in [-0.15, -0.1) is 0 Å². The molecule has 0 saturated heterocycles. The first kappa shape index (κ1) is 14.8. The maximum absolute atomic E-state index is 6.08. The maximum Gasteiger partial charge on any atom is 0.128 e. The van der Waals surface area contributed by atoms with E-state index in [9.17, 15) is 0 Å². The highest BCUT2D eigenvalue weighted by molar-refractivity contribution is 6.30. The van der Waals surface area contributed by atoms with Gasteiger partial charge < -0.3 is 11.1 Å². The molecule has 1 atom stereocenters. The monoisotopic (exact) mass is 289 g/mol. The lowest BCUT2D eigenvalue weighted by atomic mass is 9.95. The number of nitrogen functional groups attached to an aromatic ring is 1. The van der Waals surface area contributed by atoms with Crippen molar-refractivity contribution in [2.45, 2.75) is 26.3 Å². The lowest BCUT2D eigenvalue weighted by molar-refractivity contribution is 0.596. The Morgan fingerprint density at radius 2 is 1.95 bits per heavy atom.